The molecule has 1 atom stereocenters. The standard InChI is InChI=1S/C27H25N3S/c1-18-9-12-21(13-10-18)25-17-31-27(28-25)30-26(22-7-5-4-6-8-22)16-24(29-30)23-14-11-19(2)20(3)15-23/h4-15,17,26H,16H2,1-3H3. The van der Waals surface area contributed by atoms with Crippen LogP contribution >= 0.6 is 11.3 Å². The number of aromatic nitrogens is 1. The third kappa shape index (κ3) is 3.91. The lowest BCUT2D eigenvalue weighted by atomic mass is 9.97. The van der Waals surface area contributed by atoms with Gasteiger partial charge < -0.3 is 0 Å². The van der Waals surface area contributed by atoms with Crippen LogP contribution < -0.4 is 5.01 Å². The molecule has 1 unspecified atom stereocenters. The van der Waals surface area contributed by atoms with Gasteiger partial charge in [0.05, 0.1) is 17.4 Å². The van der Waals surface area contributed by atoms with E-state index in [4.69, 9.17) is 10.1 Å². The fraction of sp³-hybridized carbons (Fsp3) is 0.185. The van der Waals surface area contributed by atoms with E-state index < -0.39 is 0 Å². The molecule has 4 heteroatoms. The van der Waals surface area contributed by atoms with Gasteiger partial charge in [-0.25, -0.2) is 9.99 Å². The molecule has 5 rings (SSSR count). The molecule has 0 saturated carbocycles. The Kier molecular flexibility index (Phi) is 5.16. The van der Waals surface area contributed by atoms with Crippen LogP contribution in [0.4, 0.5) is 5.13 Å². The Morgan fingerprint density at radius 3 is 2.32 bits per heavy atom. The topological polar surface area (TPSA) is 28.5 Å². The summed E-state index contributed by atoms with van der Waals surface area (Å²) in [6, 6.07) is 25.9. The van der Waals surface area contributed by atoms with E-state index in [1.54, 1.807) is 11.3 Å². The highest BCUT2D eigenvalue weighted by Crippen LogP contribution is 2.39. The molecule has 31 heavy (non-hydrogen) atoms. The Bertz CT molecular complexity index is 1240. The Labute approximate surface area is 187 Å². The lowest BCUT2D eigenvalue weighted by molar-refractivity contribution is 0.706. The smallest absolute Gasteiger partial charge is 0.207 e. The maximum Gasteiger partial charge on any atom is 0.207 e. The third-order valence-corrected chi connectivity index (χ3v) is 6.80. The Morgan fingerprint density at radius 1 is 0.839 bits per heavy atom. The van der Waals surface area contributed by atoms with E-state index in [1.807, 2.05) is 0 Å². The summed E-state index contributed by atoms with van der Waals surface area (Å²) in [6.07, 6.45) is 0.867. The molecule has 0 saturated heterocycles. The van der Waals surface area contributed by atoms with Crippen LogP contribution in [0.15, 0.2) is 83.3 Å². The summed E-state index contributed by atoms with van der Waals surface area (Å²) in [7, 11) is 0. The number of hydrogen-bond donors (Lipinski definition) is 0. The van der Waals surface area contributed by atoms with Gasteiger partial charge in [0.2, 0.25) is 5.13 Å². The third-order valence-electron chi connectivity index (χ3n) is 5.97. The van der Waals surface area contributed by atoms with E-state index in [1.165, 1.54) is 27.8 Å². The molecule has 2 heterocycles. The largest absolute Gasteiger partial charge is 0.231 e. The summed E-state index contributed by atoms with van der Waals surface area (Å²) in [5.74, 6) is 0. The SMILES string of the molecule is Cc1ccc(-c2csc(N3N=C(c4ccc(C)c(C)c4)CC3c3ccccc3)n2)cc1. The van der Waals surface area contributed by atoms with Crippen molar-refractivity contribution in [3.8, 4) is 11.3 Å². The van der Waals surface area contributed by atoms with Crippen molar-refractivity contribution < 1.29 is 0 Å². The molecule has 0 fully saturated rings. The number of hydrogen-bond acceptors (Lipinski definition) is 4. The zero-order chi connectivity index (χ0) is 21.4. The van der Waals surface area contributed by atoms with Crippen LogP contribution in [0.1, 0.15) is 40.3 Å². The van der Waals surface area contributed by atoms with Crippen LogP contribution in [0.25, 0.3) is 11.3 Å². The number of anilines is 1. The van der Waals surface area contributed by atoms with E-state index in [9.17, 15) is 0 Å². The van der Waals surface area contributed by atoms with Gasteiger partial charge in [-0.3, -0.25) is 0 Å². The van der Waals surface area contributed by atoms with Crippen molar-refractivity contribution >= 4 is 22.2 Å². The summed E-state index contributed by atoms with van der Waals surface area (Å²) in [5, 5.41) is 10.3. The molecule has 4 aromatic rings. The van der Waals surface area contributed by atoms with Gasteiger partial charge in [0.25, 0.3) is 0 Å². The zero-order valence-corrected chi connectivity index (χ0v) is 18.9. The summed E-state index contributed by atoms with van der Waals surface area (Å²) in [6.45, 7) is 6.42. The van der Waals surface area contributed by atoms with E-state index in [0.717, 1.165) is 28.5 Å². The number of aryl methyl sites for hydroxylation is 3. The maximum atomic E-state index is 5.08. The van der Waals surface area contributed by atoms with Crippen LogP contribution in [-0.2, 0) is 0 Å². The van der Waals surface area contributed by atoms with Crippen molar-refractivity contribution in [3.05, 3.63) is 106 Å². The second-order valence-electron chi connectivity index (χ2n) is 8.20. The Morgan fingerprint density at radius 2 is 1.58 bits per heavy atom. The maximum absolute atomic E-state index is 5.08. The van der Waals surface area contributed by atoms with Gasteiger partial charge >= 0.3 is 0 Å². The van der Waals surface area contributed by atoms with Crippen molar-refractivity contribution in [1.29, 1.82) is 0 Å². The average Bonchev–Trinajstić information content (AvgIpc) is 3.44. The highest BCUT2D eigenvalue weighted by atomic mass is 32.1. The summed E-state index contributed by atoms with van der Waals surface area (Å²) in [5.41, 5.74) is 9.57. The number of benzene rings is 3. The summed E-state index contributed by atoms with van der Waals surface area (Å²) in [4.78, 5) is 4.97. The average molecular weight is 424 g/mol. The fourth-order valence-corrected chi connectivity index (χ4v) is 4.78. The molecule has 0 aliphatic carbocycles. The molecule has 3 nitrogen and oxygen atoms in total. The Hall–Kier alpha value is -3.24. The first-order valence-electron chi connectivity index (χ1n) is 10.6. The minimum Gasteiger partial charge on any atom is -0.231 e. The Balaban J connectivity index is 1.53. The summed E-state index contributed by atoms with van der Waals surface area (Å²) < 4.78 is 0. The molecule has 0 amide bonds. The molecular weight excluding hydrogens is 398 g/mol. The van der Waals surface area contributed by atoms with Crippen LogP contribution in [0.3, 0.4) is 0 Å². The number of thiazole rings is 1. The van der Waals surface area contributed by atoms with Crippen molar-refractivity contribution in [1.82, 2.24) is 4.98 Å². The summed E-state index contributed by atoms with van der Waals surface area (Å²) >= 11 is 1.65. The minimum atomic E-state index is 0.148. The predicted molar refractivity (Wildman–Crippen MR) is 131 cm³/mol. The van der Waals surface area contributed by atoms with Gasteiger partial charge in [0.15, 0.2) is 0 Å². The second kappa shape index (κ2) is 8.12. The van der Waals surface area contributed by atoms with Gasteiger partial charge in [0.1, 0.15) is 0 Å². The lowest BCUT2D eigenvalue weighted by Crippen LogP contribution is -2.18. The molecule has 154 valence electrons. The molecule has 0 radical (unpaired) electrons. The van der Waals surface area contributed by atoms with Gasteiger partial charge in [-0.2, -0.15) is 5.10 Å². The number of hydrazone groups is 1. The van der Waals surface area contributed by atoms with Crippen LogP contribution in [-0.4, -0.2) is 10.7 Å². The van der Waals surface area contributed by atoms with Crippen molar-refractivity contribution in [2.24, 2.45) is 5.10 Å². The van der Waals surface area contributed by atoms with Crippen LogP contribution in [0.2, 0.25) is 0 Å². The molecular formula is C27H25N3S. The molecule has 0 bridgehead atoms. The van der Waals surface area contributed by atoms with E-state index >= 15 is 0 Å². The first kappa shape index (κ1) is 19.7. The van der Waals surface area contributed by atoms with Gasteiger partial charge in [-0.15, -0.1) is 11.3 Å². The minimum absolute atomic E-state index is 0.148. The second-order valence-corrected chi connectivity index (χ2v) is 9.04. The molecule has 1 aromatic heterocycles. The molecule has 1 aliphatic rings. The monoisotopic (exact) mass is 423 g/mol. The van der Waals surface area contributed by atoms with E-state index in [-0.39, 0.29) is 6.04 Å². The lowest BCUT2D eigenvalue weighted by Gasteiger charge is -2.21. The quantitative estimate of drug-likeness (QED) is 0.350. The van der Waals surface area contributed by atoms with Crippen molar-refractivity contribution in [3.63, 3.8) is 0 Å². The number of nitrogens with zero attached hydrogens (tertiary/aromatic N) is 3. The fourth-order valence-electron chi connectivity index (χ4n) is 3.94. The van der Waals surface area contributed by atoms with E-state index in [2.05, 4.69) is 104 Å². The van der Waals surface area contributed by atoms with E-state index in [0.29, 0.717) is 0 Å². The molecule has 0 N–H and O–H groups in total. The van der Waals surface area contributed by atoms with Gasteiger partial charge in [-0.05, 0) is 49.1 Å². The van der Waals surface area contributed by atoms with Crippen LogP contribution in [0, 0.1) is 20.8 Å². The highest BCUT2D eigenvalue weighted by Gasteiger charge is 2.31. The molecule has 3 aromatic carbocycles. The van der Waals surface area contributed by atoms with Gasteiger partial charge in [0, 0.05) is 17.4 Å². The first-order chi connectivity index (χ1) is 15.1. The zero-order valence-electron chi connectivity index (χ0n) is 18.0. The first-order valence-corrected chi connectivity index (χ1v) is 11.5. The highest BCUT2D eigenvalue weighted by molar-refractivity contribution is 7.14. The molecule has 1 aliphatic heterocycles. The number of rotatable bonds is 4. The normalized spacial score (nSPS) is 15.9. The van der Waals surface area contributed by atoms with Crippen LogP contribution in [0.5, 0.6) is 0 Å². The van der Waals surface area contributed by atoms with Crippen molar-refractivity contribution in [2.75, 3.05) is 5.01 Å². The van der Waals surface area contributed by atoms with Crippen molar-refractivity contribution in [2.45, 2.75) is 33.2 Å². The predicted octanol–water partition coefficient (Wildman–Crippen LogP) is 7.09. The molecule has 0 spiro atoms. The van der Waals surface area contributed by atoms with Gasteiger partial charge in [-0.1, -0.05) is 72.3 Å².